The molecule has 0 fully saturated rings. The molecule has 1 amide bonds. The molecule has 5 heteroatoms. The van der Waals surface area contributed by atoms with E-state index in [4.69, 9.17) is 4.74 Å². The fraction of sp³-hybridized carbons (Fsp3) is 0.261. The van der Waals surface area contributed by atoms with Crippen LogP contribution < -0.4 is 10.1 Å². The number of anilines is 1. The number of aryl methyl sites for hydroxylation is 1. The zero-order chi connectivity index (χ0) is 19.9. The Morgan fingerprint density at radius 2 is 1.86 bits per heavy atom. The van der Waals surface area contributed by atoms with Crippen molar-refractivity contribution in [2.45, 2.75) is 26.9 Å². The number of benzene rings is 2. The first-order valence-electron chi connectivity index (χ1n) is 9.29. The van der Waals surface area contributed by atoms with E-state index in [0.29, 0.717) is 13.1 Å². The lowest BCUT2D eigenvalue weighted by molar-refractivity contribution is -0.117. The fourth-order valence-electron chi connectivity index (χ4n) is 3.14. The van der Waals surface area contributed by atoms with Gasteiger partial charge in [-0.05, 0) is 48.6 Å². The number of thiophene rings is 1. The summed E-state index contributed by atoms with van der Waals surface area (Å²) in [6.45, 7) is 5.75. The molecule has 0 unspecified atom stereocenters. The topological polar surface area (TPSA) is 41.6 Å². The largest absolute Gasteiger partial charge is 0.496 e. The second-order valence-electron chi connectivity index (χ2n) is 6.83. The number of rotatable bonds is 8. The van der Waals surface area contributed by atoms with Crippen molar-refractivity contribution in [3.63, 3.8) is 0 Å². The zero-order valence-corrected chi connectivity index (χ0v) is 17.4. The molecular formula is C23H26N2O2S. The monoisotopic (exact) mass is 394 g/mol. The molecule has 0 saturated heterocycles. The second-order valence-corrected chi connectivity index (χ2v) is 7.86. The Morgan fingerprint density at radius 3 is 2.61 bits per heavy atom. The van der Waals surface area contributed by atoms with Crippen LogP contribution in [-0.4, -0.2) is 24.5 Å². The van der Waals surface area contributed by atoms with E-state index in [0.717, 1.165) is 29.1 Å². The standard InChI is InChI=1S/C23H26N2O2S/c1-17-8-6-11-21(18(17)2)24-23(26)16-25(15-20-10-7-13-28-20)14-19-9-4-5-12-22(19)27-3/h4-13H,14-16H2,1-3H3,(H,24,26). The van der Waals surface area contributed by atoms with Gasteiger partial charge in [0.15, 0.2) is 0 Å². The summed E-state index contributed by atoms with van der Waals surface area (Å²) in [5, 5.41) is 5.13. The van der Waals surface area contributed by atoms with Gasteiger partial charge in [0.1, 0.15) is 5.75 Å². The predicted octanol–water partition coefficient (Wildman–Crippen LogP) is 5.01. The summed E-state index contributed by atoms with van der Waals surface area (Å²) in [6.07, 6.45) is 0. The third kappa shape index (κ3) is 5.21. The lowest BCUT2D eigenvalue weighted by atomic mass is 10.1. The van der Waals surface area contributed by atoms with Crippen LogP contribution in [0.4, 0.5) is 5.69 Å². The van der Waals surface area contributed by atoms with E-state index in [1.54, 1.807) is 18.4 Å². The van der Waals surface area contributed by atoms with Gasteiger partial charge in [0, 0.05) is 29.2 Å². The van der Waals surface area contributed by atoms with Gasteiger partial charge in [-0.1, -0.05) is 36.4 Å². The smallest absolute Gasteiger partial charge is 0.238 e. The first-order chi connectivity index (χ1) is 13.6. The Hall–Kier alpha value is -2.63. The van der Waals surface area contributed by atoms with Gasteiger partial charge in [-0.2, -0.15) is 0 Å². The first kappa shape index (κ1) is 20.1. The normalized spacial score (nSPS) is 10.9. The van der Waals surface area contributed by atoms with Gasteiger partial charge in [-0.15, -0.1) is 11.3 Å². The number of nitrogens with zero attached hydrogens (tertiary/aromatic N) is 1. The van der Waals surface area contributed by atoms with Gasteiger partial charge in [-0.3, -0.25) is 9.69 Å². The van der Waals surface area contributed by atoms with Crippen LogP contribution in [0.3, 0.4) is 0 Å². The molecule has 0 radical (unpaired) electrons. The molecule has 0 bridgehead atoms. The van der Waals surface area contributed by atoms with E-state index in [2.05, 4.69) is 34.7 Å². The molecule has 0 spiro atoms. The summed E-state index contributed by atoms with van der Waals surface area (Å²) in [5.74, 6) is 0.828. The van der Waals surface area contributed by atoms with Crippen LogP contribution in [0.25, 0.3) is 0 Å². The minimum absolute atomic E-state index is 0.0137. The van der Waals surface area contributed by atoms with Crippen LogP contribution in [0.15, 0.2) is 60.0 Å². The number of hydrogen-bond acceptors (Lipinski definition) is 4. The number of methoxy groups -OCH3 is 1. The molecule has 4 nitrogen and oxygen atoms in total. The number of amides is 1. The van der Waals surface area contributed by atoms with Gasteiger partial charge in [-0.25, -0.2) is 0 Å². The van der Waals surface area contributed by atoms with E-state index in [9.17, 15) is 4.79 Å². The summed E-state index contributed by atoms with van der Waals surface area (Å²) < 4.78 is 5.49. The van der Waals surface area contributed by atoms with Gasteiger partial charge in [0.05, 0.1) is 13.7 Å². The SMILES string of the molecule is COc1ccccc1CN(CC(=O)Nc1cccc(C)c1C)Cc1cccs1. The molecule has 0 aliphatic heterocycles. The predicted molar refractivity (Wildman–Crippen MR) is 116 cm³/mol. The van der Waals surface area contributed by atoms with E-state index in [-0.39, 0.29) is 5.91 Å². The summed E-state index contributed by atoms with van der Waals surface area (Å²) in [4.78, 5) is 16.2. The molecule has 0 atom stereocenters. The highest BCUT2D eigenvalue weighted by Gasteiger charge is 2.15. The third-order valence-electron chi connectivity index (χ3n) is 4.79. The molecule has 0 aliphatic carbocycles. The molecule has 0 saturated carbocycles. The van der Waals surface area contributed by atoms with Crippen LogP contribution in [0.5, 0.6) is 5.75 Å². The lowest BCUT2D eigenvalue weighted by Gasteiger charge is -2.23. The fourth-order valence-corrected chi connectivity index (χ4v) is 3.89. The van der Waals surface area contributed by atoms with Crippen molar-refractivity contribution in [3.05, 3.63) is 81.5 Å². The highest BCUT2D eigenvalue weighted by molar-refractivity contribution is 7.09. The van der Waals surface area contributed by atoms with E-state index >= 15 is 0 Å². The maximum atomic E-state index is 12.8. The number of para-hydroxylation sites is 1. The minimum atomic E-state index is -0.0137. The maximum absolute atomic E-state index is 12.8. The number of nitrogens with one attached hydrogen (secondary N) is 1. The van der Waals surface area contributed by atoms with Gasteiger partial charge < -0.3 is 10.1 Å². The van der Waals surface area contributed by atoms with E-state index in [1.165, 1.54) is 10.4 Å². The van der Waals surface area contributed by atoms with Gasteiger partial charge >= 0.3 is 0 Å². The highest BCUT2D eigenvalue weighted by atomic mass is 32.1. The van der Waals surface area contributed by atoms with Crippen molar-refractivity contribution in [2.24, 2.45) is 0 Å². The molecule has 1 N–H and O–H groups in total. The summed E-state index contributed by atoms with van der Waals surface area (Å²) in [7, 11) is 1.68. The van der Waals surface area contributed by atoms with Crippen molar-refractivity contribution in [1.29, 1.82) is 0 Å². The second kappa shape index (κ2) is 9.53. The van der Waals surface area contributed by atoms with E-state index in [1.807, 2.05) is 49.4 Å². The Kier molecular flexibility index (Phi) is 6.85. The summed E-state index contributed by atoms with van der Waals surface area (Å²) >= 11 is 1.70. The van der Waals surface area contributed by atoms with Crippen LogP contribution in [-0.2, 0) is 17.9 Å². The third-order valence-corrected chi connectivity index (χ3v) is 5.65. The average molecular weight is 395 g/mol. The summed E-state index contributed by atoms with van der Waals surface area (Å²) in [5.41, 5.74) is 4.21. The molecule has 28 heavy (non-hydrogen) atoms. The molecule has 3 aromatic rings. The molecule has 1 heterocycles. The number of hydrogen-bond donors (Lipinski definition) is 1. The maximum Gasteiger partial charge on any atom is 0.238 e. The van der Waals surface area contributed by atoms with Crippen LogP contribution >= 0.6 is 11.3 Å². The molecule has 1 aromatic heterocycles. The average Bonchev–Trinajstić information content (AvgIpc) is 3.19. The van der Waals surface area contributed by atoms with Crippen LogP contribution in [0, 0.1) is 13.8 Å². The molecule has 2 aromatic carbocycles. The van der Waals surface area contributed by atoms with Crippen molar-refractivity contribution >= 4 is 22.9 Å². The summed E-state index contributed by atoms with van der Waals surface area (Å²) in [6, 6.07) is 18.1. The first-order valence-corrected chi connectivity index (χ1v) is 10.2. The van der Waals surface area contributed by atoms with Gasteiger partial charge in [0.25, 0.3) is 0 Å². The highest BCUT2D eigenvalue weighted by Crippen LogP contribution is 2.22. The molecule has 3 rings (SSSR count). The number of carbonyl (C=O) groups excluding carboxylic acids is 1. The lowest BCUT2D eigenvalue weighted by Crippen LogP contribution is -2.32. The molecule has 146 valence electrons. The number of carbonyl (C=O) groups is 1. The Bertz CT molecular complexity index is 922. The quantitative estimate of drug-likeness (QED) is 0.584. The zero-order valence-electron chi connectivity index (χ0n) is 16.6. The number of ether oxygens (including phenoxy) is 1. The minimum Gasteiger partial charge on any atom is -0.496 e. The van der Waals surface area contributed by atoms with Crippen molar-refractivity contribution < 1.29 is 9.53 Å². The molecule has 0 aliphatic rings. The van der Waals surface area contributed by atoms with Crippen molar-refractivity contribution in [3.8, 4) is 5.75 Å². The molecular weight excluding hydrogens is 368 g/mol. The Balaban J connectivity index is 1.74. The Morgan fingerprint density at radius 1 is 1.04 bits per heavy atom. The van der Waals surface area contributed by atoms with E-state index < -0.39 is 0 Å². The van der Waals surface area contributed by atoms with Gasteiger partial charge in [0.2, 0.25) is 5.91 Å². The van der Waals surface area contributed by atoms with Crippen molar-refractivity contribution in [2.75, 3.05) is 19.0 Å². The van der Waals surface area contributed by atoms with Crippen molar-refractivity contribution in [1.82, 2.24) is 4.90 Å². The van der Waals surface area contributed by atoms with Crippen LogP contribution in [0.1, 0.15) is 21.6 Å². The van der Waals surface area contributed by atoms with Crippen LogP contribution in [0.2, 0.25) is 0 Å². The Labute approximate surface area is 170 Å².